The summed E-state index contributed by atoms with van der Waals surface area (Å²) in [6.07, 6.45) is 2.36. The van der Waals surface area contributed by atoms with Crippen LogP contribution in [0.5, 0.6) is 5.75 Å². The number of nitrogens with one attached hydrogen (secondary N) is 1. The van der Waals surface area contributed by atoms with E-state index in [0.29, 0.717) is 35.0 Å². The van der Waals surface area contributed by atoms with E-state index >= 15 is 0 Å². The third kappa shape index (κ3) is 3.93. The Morgan fingerprint density at radius 3 is 2.77 bits per heavy atom. The van der Waals surface area contributed by atoms with Crippen LogP contribution in [0.3, 0.4) is 0 Å². The molecule has 2 aliphatic rings. The van der Waals surface area contributed by atoms with Gasteiger partial charge in [-0.15, -0.1) is 0 Å². The highest BCUT2D eigenvalue weighted by Crippen LogP contribution is 2.49. The number of piperidine rings is 1. The molecule has 1 aliphatic heterocycles. The molecule has 1 fully saturated rings. The summed E-state index contributed by atoms with van der Waals surface area (Å²) in [5.41, 5.74) is 3.64. The molecular formula is C24H28Cl2N2O2. The van der Waals surface area contributed by atoms with Gasteiger partial charge in [0.15, 0.2) is 0 Å². The van der Waals surface area contributed by atoms with E-state index in [9.17, 15) is 4.79 Å². The van der Waals surface area contributed by atoms with E-state index in [-0.39, 0.29) is 11.3 Å². The molecular weight excluding hydrogens is 419 g/mol. The Bertz CT molecular complexity index is 964. The standard InChI is InChI=1S/C24H28Cl2N2O2/c1-24-8-9-28(2)22(12-16-5-6-17(30-3)13-18(16)24)19(24)14-27-23(29)11-15-4-7-20(25)21(26)10-15/h4-7,10,13,19,22H,8-9,11-12,14H2,1-3H3,(H,27,29)/t19-,22?,24+/m0/s1. The van der Waals surface area contributed by atoms with Gasteiger partial charge >= 0.3 is 0 Å². The minimum Gasteiger partial charge on any atom is -0.497 e. The van der Waals surface area contributed by atoms with Gasteiger partial charge in [0.05, 0.1) is 23.6 Å². The van der Waals surface area contributed by atoms with Crippen molar-refractivity contribution < 1.29 is 9.53 Å². The zero-order chi connectivity index (χ0) is 21.5. The number of methoxy groups -OCH3 is 1. The van der Waals surface area contributed by atoms with Crippen LogP contribution in [0.15, 0.2) is 36.4 Å². The van der Waals surface area contributed by atoms with Crippen molar-refractivity contribution in [2.24, 2.45) is 5.92 Å². The van der Waals surface area contributed by atoms with Gasteiger partial charge in [-0.05, 0) is 67.4 Å². The first-order valence-electron chi connectivity index (χ1n) is 10.4. The Kier molecular flexibility index (Phi) is 6.02. The third-order valence-electron chi connectivity index (χ3n) is 7.06. The van der Waals surface area contributed by atoms with Crippen molar-refractivity contribution in [3.05, 3.63) is 63.1 Å². The van der Waals surface area contributed by atoms with Crippen LogP contribution in [-0.4, -0.2) is 44.1 Å². The van der Waals surface area contributed by atoms with Crippen LogP contribution < -0.4 is 10.1 Å². The maximum Gasteiger partial charge on any atom is 0.224 e. The second kappa shape index (κ2) is 8.41. The molecule has 4 rings (SSSR count). The average molecular weight is 447 g/mol. The van der Waals surface area contributed by atoms with Gasteiger partial charge in [-0.2, -0.15) is 0 Å². The van der Waals surface area contributed by atoms with Crippen LogP contribution in [0.4, 0.5) is 0 Å². The van der Waals surface area contributed by atoms with E-state index in [1.165, 1.54) is 11.1 Å². The zero-order valence-electron chi connectivity index (χ0n) is 17.7. The molecule has 1 unspecified atom stereocenters. The number of carbonyl (C=O) groups is 1. The van der Waals surface area contributed by atoms with E-state index in [1.807, 2.05) is 6.07 Å². The van der Waals surface area contributed by atoms with Gasteiger partial charge < -0.3 is 15.0 Å². The highest BCUT2D eigenvalue weighted by atomic mass is 35.5. The summed E-state index contributed by atoms with van der Waals surface area (Å²) in [5, 5.41) is 4.17. The van der Waals surface area contributed by atoms with Crippen molar-refractivity contribution in [2.75, 3.05) is 27.2 Å². The highest BCUT2D eigenvalue weighted by Gasteiger charge is 2.49. The van der Waals surface area contributed by atoms with Crippen LogP contribution in [-0.2, 0) is 23.1 Å². The molecule has 2 bridgehead atoms. The van der Waals surface area contributed by atoms with Gasteiger partial charge in [-0.3, -0.25) is 4.79 Å². The number of ether oxygens (including phenoxy) is 1. The van der Waals surface area contributed by atoms with Crippen molar-refractivity contribution >= 4 is 29.1 Å². The molecule has 0 spiro atoms. The first kappa shape index (κ1) is 21.5. The van der Waals surface area contributed by atoms with Crippen molar-refractivity contribution in [2.45, 2.75) is 37.6 Å². The SMILES string of the molecule is COc1ccc2c(c1)[C@@]1(C)CCN(C)C(C2)[C@@H]1CNC(=O)Cc1ccc(Cl)c(Cl)c1. The number of likely N-dealkylation sites (tertiary alicyclic amines) is 1. The lowest BCUT2D eigenvalue weighted by Gasteiger charge is -2.55. The molecule has 1 amide bonds. The number of hydrogen-bond donors (Lipinski definition) is 1. The van der Waals surface area contributed by atoms with E-state index in [2.05, 4.69) is 42.4 Å². The van der Waals surface area contributed by atoms with Gasteiger partial charge in [-0.1, -0.05) is 42.3 Å². The number of amides is 1. The number of nitrogens with zero attached hydrogens (tertiary/aromatic N) is 1. The van der Waals surface area contributed by atoms with Gasteiger partial charge in [-0.25, -0.2) is 0 Å². The maximum atomic E-state index is 12.7. The Balaban J connectivity index is 1.52. The molecule has 3 atom stereocenters. The summed E-state index contributed by atoms with van der Waals surface area (Å²) < 4.78 is 5.50. The van der Waals surface area contributed by atoms with E-state index in [1.54, 1.807) is 19.2 Å². The highest BCUT2D eigenvalue weighted by molar-refractivity contribution is 6.42. The number of benzene rings is 2. The first-order chi connectivity index (χ1) is 14.3. The number of likely N-dealkylation sites (N-methyl/N-ethyl adjacent to an activating group) is 1. The van der Waals surface area contributed by atoms with E-state index in [0.717, 1.165) is 30.7 Å². The fourth-order valence-electron chi connectivity index (χ4n) is 5.22. The van der Waals surface area contributed by atoms with Crippen LogP contribution in [0.1, 0.15) is 30.0 Å². The molecule has 30 heavy (non-hydrogen) atoms. The van der Waals surface area contributed by atoms with Crippen LogP contribution in [0, 0.1) is 5.92 Å². The van der Waals surface area contributed by atoms with Gasteiger partial charge in [0.25, 0.3) is 0 Å². The number of rotatable bonds is 5. The largest absolute Gasteiger partial charge is 0.497 e. The summed E-state index contributed by atoms with van der Waals surface area (Å²) >= 11 is 12.1. The molecule has 0 aromatic heterocycles. The van der Waals surface area contributed by atoms with E-state index in [4.69, 9.17) is 27.9 Å². The third-order valence-corrected chi connectivity index (χ3v) is 7.80. The number of fused-ring (bicyclic) bond motifs is 4. The summed E-state index contributed by atoms with van der Waals surface area (Å²) in [5.74, 6) is 1.25. The summed E-state index contributed by atoms with van der Waals surface area (Å²) in [4.78, 5) is 15.1. The molecule has 2 aromatic carbocycles. The molecule has 1 aliphatic carbocycles. The van der Waals surface area contributed by atoms with Crippen molar-refractivity contribution in [1.29, 1.82) is 0 Å². The van der Waals surface area contributed by atoms with Crippen molar-refractivity contribution in [3.8, 4) is 5.75 Å². The lowest BCUT2D eigenvalue weighted by Crippen LogP contribution is -2.60. The topological polar surface area (TPSA) is 41.6 Å². The second-order valence-corrected chi connectivity index (χ2v) is 9.59. The van der Waals surface area contributed by atoms with Crippen molar-refractivity contribution in [1.82, 2.24) is 10.2 Å². The predicted octanol–water partition coefficient (Wildman–Crippen LogP) is 4.50. The molecule has 1 saturated heterocycles. The molecule has 160 valence electrons. The van der Waals surface area contributed by atoms with Crippen LogP contribution in [0.2, 0.25) is 10.0 Å². The van der Waals surface area contributed by atoms with Crippen LogP contribution >= 0.6 is 23.2 Å². The summed E-state index contributed by atoms with van der Waals surface area (Å²) in [6.45, 7) is 4.06. The number of hydrogen-bond acceptors (Lipinski definition) is 3. The smallest absolute Gasteiger partial charge is 0.224 e. The molecule has 0 radical (unpaired) electrons. The quantitative estimate of drug-likeness (QED) is 0.734. The number of carbonyl (C=O) groups excluding carboxylic acids is 1. The Morgan fingerprint density at radius 1 is 1.23 bits per heavy atom. The molecule has 1 N–H and O–H groups in total. The van der Waals surface area contributed by atoms with Crippen molar-refractivity contribution in [3.63, 3.8) is 0 Å². The Hall–Kier alpha value is -1.75. The summed E-state index contributed by atoms with van der Waals surface area (Å²) in [7, 11) is 3.91. The molecule has 0 saturated carbocycles. The first-order valence-corrected chi connectivity index (χ1v) is 11.2. The second-order valence-electron chi connectivity index (χ2n) is 8.78. The van der Waals surface area contributed by atoms with Gasteiger partial charge in [0.2, 0.25) is 5.91 Å². The lowest BCUT2D eigenvalue weighted by molar-refractivity contribution is -0.121. The molecule has 6 heteroatoms. The fourth-order valence-corrected chi connectivity index (χ4v) is 5.54. The zero-order valence-corrected chi connectivity index (χ0v) is 19.2. The predicted molar refractivity (Wildman–Crippen MR) is 122 cm³/mol. The minimum atomic E-state index is 0.00848. The summed E-state index contributed by atoms with van der Waals surface area (Å²) in [6, 6.07) is 12.2. The van der Waals surface area contributed by atoms with Gasteiger partial charge in [0.1, 0.15) is 5.75 Å². The number of halogens is 2. The lowest BCUT2D eigenvalue weighted by atomic mass is 9.58. The van der Waals surface area contributed by atoms with Gasteiger partial charge in [0, 0.05) is 23.9 Å². The average Bonchev–Trinajstić information content (AvgIpc) is 2.73. The van der Waals surface area contributed by atoms with Crippen LogP contribution in [0.25, 0.3) is 0 Å². The molecule has 2 aromatic rings. The fraction of sp³-hybridized carbons (Fsp3) is 0.458. The monoisotopic (exact) mass is 446 g/mol. The minimum absolute atomic E-state index is 0.00848. The Morgan fingerprint density at radius 2 is 2.03 bits per heavy atom. The molecule has 1 heterocycles. The maximum absolute atomic E-state index is 12.7. The van der Waals surface area contributed by atoms with E-state index < -0.39 is 0 Å². The Labute approximate surface area is 188 Å². The normalized spacial score (nSPS) is 25.5. The molecule has 4 nitrogen and oxygen atoms in total.